The second-order valence-electron chi connectivity index (χ2n) is 4.68. The van der Waals surface area contributed by atoms with E-state index in [2.05, 4.69) is 0 Å². The number of carboxylic acid groups (broad SMARTS) is 1. The van der Waals surface area contributed by atoms with Gasteiger partial charge in [0.05, 0.1) is 0 Å². The number of hydrogen-bond donors (Lipinski definition) is 1. The number of rotatable bonds is 5. The molecule has 0 saturated heterocycles. The average Bonchev–Trinajstić information content (AvgIpc) is 2.52. The molecule has 0 aliphatic carbocycles. The second kappa shape index (κ2) is 6.66. The van der Waals surface area contributed by atoms with E-state index in [1.54, 1.807) is 18.2 Å². The maximum Gasteiger partial charge on any atom is 0.328 e. The lowest BCUT2D eigenvalue weighted by molar-refractivity contribution is -0.131. The van der Waals surface area contributed by atoms with E-state index in [1.165, 1.54) is 6.08 Å². The summed E-state index contributed by atoms with van der Waals surface area (Å²) in [6.07, 6.45) is 3.36. The van der Waals surface area contributed by atoms with Gasteiger partial charge in [-0.15, -0.1) is 0 Å². The van der Waals surface area contributed by atoms with Crippen LogP contribution in [0.2, 0.25) is 0 Å². The van der Waals surface area contributed by atoms with Gasteiger partial charge in [-0.1, -0.05) is 43.3 Å². The average molecular weight is 280 g/mol. The molecular formula is C18H16O3. The van der Waals surface area contributed by atoms with Gasteiger partial charge in [0.2, 0.25) is 0 Å². The zero-order chi connectivity index (χ0) is 15.2. The Kier molecular flexibility index (Phi) is 4.67. The molecule has 2 aromatic carbocycles. The zero-order valence-corrected chi connectivity index (χ0v) is 11.7. The largest absolute Gasteiger partial charge is 0.478 e. The van der Waals surface area contributed by atoms with E-state index in [9.17, 15) is 9.59 Å². The van der Waals surface area contributed by atoms with Crippen LogP contribution in [0.5, 0.6) is 0 Å². The van der Waals surface area contributed by atoms with E-state index in [0.717, 1.165) is 23.6 Å². The summed E-state index contributed by atoms with van der Waals surface area (Å²) >= 11 is 0. The van der Waals surface area contributed by atoms with Crippen LogP contribution in [0, 0.1) is 0 Å². The summed E-state index contributed by atoms with van der Waals surface area (Å²) in [5, 5.41) is 8.70. The molecule has 3 nitrogen and oxygen atoms in total. The number of carbonyl (C=O) groups excluding carboxylic acids is 1. The van der Waals surface area contributed by atoms with Crippen molar-refractivity contribution in [2.75, 3.05) is 0 Å². The Morgan fingerprint density at radius 1 is 1.05 bits per heavy atom. The van der Waals surface area contributed by atoms with Gasteiger partial charge in [-0.05, 0) is 35.8 Å². The van der Waals surface area contributed by atoms with Gasteiger partial charge in [-0.25, -0.2) is 4.79 Å². The van der Waals surface area contributed by atoms with Crippen LogP contribution in [-0.4, -0.2) is 16.9 Å². The number of carboxylic acids is 1. The van der Waals surface area contributed by atoms with Gasteiger partial charge < -0.3 is 5.11 Å². The summed E-state index contributed by atoms with van der Waals surface area (Å²) < 4.78 is 0. The highest BCUT2D eigenvalue weighted by Gasteiger charge is 2.10. The third-order valence-corrected chi connectivity index (χ3v) is 3.14. The van der Waals surface area contributed by atoms with Crippen molar-refractivity contribution < 1.29 is 14.7 Å². The quantitative estimate of drug-likeness (QED) is 0.672. The van der Waals surface area contributed by atoms with E-state index < -0.39 is 5.97 Å². The summed E-state index contributed by atoms with van der Waals surface area (Å²) in [5.74, 6) is -1.07. The van der Waals surface area contributed by atoms with Crippen LogP contribution in [0.4, 0.5) is 0 Å². The third kappa shape index (κ3) is 3.89. The molecular weight excluding hydrogens is 264 g/mol. The van der Waals surface area contributed by atoms with Crippen LogP contribution in [-0.2, 0) is 11.2 Å². The van der Waals surface area contributed by atoms with Gasteiger partial charge in [-0.3, -0.25) is 4.79 Å². The molecule has 21 heavy (non-hydrogen) atoms. The molecule has 0 spiro atoms. The molecule has 0 unspecified atom stereocenters. The summed E-state index contributed by atoms with van der Waals surface area (Å²) in [6, 6.07) is 14.5. The fourth-order valence-electron chi connectivity index (χ4n) is 2.07. The van der Waals surface area contributed by atoms with E-state index in [0.29, 0.717) is 11.1 Å². The van der Waals surface area contributed by atoms with E-state index >= 15 is 0 Å². The van der Waals surface area contributed by atoms with Gasteiger partial charge in [0, 0.05) is 17.2 Å². The number of aliphatic carboxylic acids is 1. The Labute approximate surface area is 123 Å². The Morgan fingerprint density at radius 2 is 1.76 bits per heavy atom. The number of hydrogen-bond acceptors (Lipinski definition) is 2. The Balaban J connectivity index is 2.41. The van der Waals surface area contributed by atoms with Gasteiger partial charge in [-0.2, -0.15) is 0 Å². The number of ketones is 1. The predicted octanol–water partition coefficient (Wildman–Crippen LogP) is 3.58. The SMILES string of the molecule is CCc1cc(/C=C/C(=O)O)cc(C(=O)c2ccccc2)c1. The first kappa shape index (κ1) is 14.7. The fourth-order valence-corrected chi connectivity index (χ4v) is 2.07. The van der Waals surface area contributed by atoms with Crippen LogP contribution in [0.3, 0.4) is 0 Å². The fraction of sp³-hybridized carbons (Fsp3) is 0.111. The van der Waals surface area contributed by atoms with E-state index in [4.69, 9.17) is 5.11 Å². The van der Waals surface area contributed by atoms with Crippen molar-refractivity contribution in [3.05, 3.63) is 76.9 Å². The van der Waals surface area contributed by atoms with Crippen LogP contribution in [0.15, 0.2) is 54.6 Å². The number of benzene rings is 2. The maximum atomic E-state index is 12.5. The lowest BCUT2D eigenvalue weighted by atomic mass is 9.97. The first-order valence-corrected chi connectivity index (χ1v) is 6.75. The summed E-state index contributed by atoms with van der Waals surface area (Å²) in [7, 11) is 0. The highest BCUT2D eigenvalue weighted by molar-refractivity contribution is 6.09. The molecule has 0 saturated carbocycles. The molecule has 0 fully saturated rings. The monoisotopic (exact) mass is 280 g/mol. The molecule has 106 valence electrons. The lowest BCUT2D eigenvalue weighted by Crippen LogP contribution is -2.02. The van der Waals surface area contributed by atoms with Gasteiger partial charge in [0.25, 0.3) is 0 Å². The third-order valence-electron chi connectivity index (χ3n) is 3.14. The molecule has 2 rings (SSSR count). The van der Waals surface area contributed by atoms with Crippen molar-refractivity contribution in [1.29, 1.82) is 0 Å². The molecule has 3 heteroatoms. The molecule has 0 amide bonds. The van der Waals surface area contributed by atoms with Crippen molar-refractivity contribution in [3.8, 4) is 0 Å². The van der Waals surface area contributed by atoms with Crippen molar-refractivity contribution >= 4 is 17.8 Å². The maximum absolute atomic E-state index is 12.5. The van der Waals surface area contributed by atoms with Crippen molar-refractivity contribution in [3.63, 3.8) is 0 Å². The molecule has 0 heterocycles. The van der Waals surface area contributed by atoms with Crippen molar-refractivity contribution in [2.45, 2.75) is 13.3 Å². The predicted molar refractivity (Wildman–Crippen MR) is 82.4 cm³/mol. The first-order valence-electron chi connectivity index (χ1n) is 6.75. The highest BCUT2D eigenvalue weighted by Crippen LogP contribution is 2.16. The van der Waals surface area contributed by atoms with Crippen molar-refractivity contribution in [2.24, 2.45) is 0 Å². The molecule has 0 aliphatic heterocycles. The Hall–Kier alpha value is -2.68. The van der Waals surface area contributed by atoms with E-state index in [-0.39, 0.29) is 5.78 Å². The van der Waals surface area contributed by atoms with Gasteiger partial charge >= 0.3 is 5.97 Å². The van der Waals surface area contributed by atoms with Gasteiger partial charge in [0.15, 0.2) is 5.78 Å². The molecule has 1 N–H and O–H groups in total. The van der Waals surface area contributed by atoms with Crippen LogP contribution < -0.4 is 0 Å². The van der Waals surface area contributed by atoms with Crippen LogP contribution in [0.25, 0.3) is 6.08 Å². The van der Waals surface area contributed by atoms with Crippen molar-refractivity contribution in [1.82, 2.24) is 0 Å². The standard InChI is InChI=1S/C18H16O3/c1-2-13-10-14(8-9-17(19)20)12-16(11-13)18(21)15-6-4-3-5-7-15/h3-12H,2H2,1H3,(H,19,20)/b9-8+. The van der Waals surface area contributed by atoms with Crippen LogP contribution >= 0.6 is 0 Å². The molecule has 2 aromatic rings. The number of aryl methyl sites for hydroxylation is 1. The zero-order valence-electron chi connectivity index (χ0n) is 11.7. The van der Waals surface area contributed by atoms with Gasteiger partial charge in [0.1, 0.15) is 0 Å². The minimum atomic E-state index is -1.01. The first-order chi connectivity index (χ1) is 10.1. The number of carbonyl (C=O) groups is 2. The molecule has 0 aromatic heterocycles. The molecule has 0 atom stereocenters. The van der Waals surface area contributed by atoms with Crippen LogP contribution in [0.1, 0.15) is 34.0 Å². The minimum Gasteiger partial charge on any atom is -0.478 e. The summed E-state index contributed by atoms with van der Waals surface area (Å²) in [4.78, 5) is 23.1. The summed E-state index contributed by atoms with van der Waals surface area (Å²) in [5.41, 5.74) is 2.92. The molecule has 0 radical (unpaired) electrons. The second-order valence-corrected chi connectivity index (χ2v) is 4.68. The lowest BCUT2D eigenvalue weighted by Gasteiger charge is -2.06. The topological polar surface area (TPSA) is 54.4 Å². The normalized spacial score (nSPS) is 10.7. The Morgan fingerprint density at radius 3 is 2.38 bits per heavy atom. The highest BCUT2D eigenvalue weighted by atomic mass is 16.4. The summed E-state index contributed by atoms with van der Waals surface area (Å²) in [6.45, 7) is 2.00. The smallest absolute Gasteiger partial charge is 0.328 e. The molecule has 0 aliphatic rings. The minimum absolute atomic E-state index is 0.0594. The van der Waals surface area contributed by atoms with E-state index in [1.807, 2.05) is 37.3 Å². The molecule has 0 bridgehead atoms. The Bertz CT molecular complexity index is 685.